The van der Waals surface area contributed by atoms with Crippen molar-refractivity contribution in [2.24, 2.45) is 0 Å². The second-order valence-corrected chi connectivity index (χ2v) is 7.06. The summed E-state index contributed by atoms with van der Waals surface area (Å²) in [4.78, 5) is 12.0. The molecule has 0 bridgehead atoms. The van der Waals surface area contributed by atoms with Gasteiger partial charge in [-0.25, -0.2) is 17.9 Å². The Hall–Kier alpha value is -2.58. The molecule has 2 N–H and O–H groups in total. The molecule has 134 valence electrons. The van der Waals surface area contributed by atoms with Crippen molar-refractivity contribution in [1.29, 1.82) is 0 Å². The molecular formula is C17H19NO6S. The van der Waals surface area contributed by atoms with E-state index in [4.69, 9.17) is 9.47 Å². The van der Waals surface area contributed by atoms with Crippen molar-refractivity contribution >= 4 is 16.0 Å². The first-order valence-corrected chi connectivity index (χ1v) is 8.92. The van der Waals surface area contributed by atoms with Gasteiger partial charge in [0, 0.05) is 0 Å². The number of sulfonamides is 1. The van der Waals surface area contributed by atoms with E-state index in [0.717, 1.165) is 0 Å². The number of ether oxygens (including phenoxy) is 2. The molecule has 0 aromatic heterocycles. The predicted molar refractivity (Wildman–Crippen MR) is 91.2 cm³/mol. The lowest BCUT2D eigenvalue weighted by molar-refractivity contribution is 0.0481. The average Bonchev–Trinajstić information content (AvgIpc) is 2.60. The minimum Gasteiger partial charge on any atom is -0.508 e. The van der Waals surface area contributed by atoms with Crippen molar-refractivity contribution in [3.63, 3.8) is 0 Å². The lowest BCUT2D eigenvalue weighted by Crippen LogP contribution is -2.36. The maximum Gasteiger partial charge on any atom is 0.338 e. The number of carbonyl (C=O) groups is 1. The fourth-order valence-electron chi connectivity index (χ4n) is 2.00. The van der Waals surface area contributed by atoms with Gasteiger partial charge in [-0.3, -0.25) is 0 Å². The fourth-order valence-corrected chi connectivity index (χ4v) is 3.23. The van der Waals surface area contributed by atoms with Gasteiger partial charge < -0.3 is 14.6 Å². The Morgan fingerprint density at radius 2 is 1.72 bits per heavy atom. The normalized spacial score (nSPS) is 12.4. The number of aromatic hydroxyl groups is 1. The van der Waals surface area contributed by atoms with Gasteiger partial charge in [0.25, 0.3) is 0 Å². The molecule has 7 nitrogen and oxygen atoms in total. The van der Waals surface area contributed by atoms with Crippen LogP contribution in [-0.2, 0) is 14.8 Å². The first kappa shape index (κ1) is 18.8. The van der Waals surface area contributed by atoms with Gasteiger partial charge in [0.15, 0.2) is 0 Å². The third-order valence-corrected chi connectivity index (χ3v) is 4.90. The highest BCUT2D eigenvalue weighted by Crippen LogP contribution is 2.16. The van der Waals surface area contributed by atoms with Gasteiger partial charge in [0.2, 0.25) is 10.0 Å². The third-order valence-electron chi connectivity index (χ3n) is 3.29. The van der Waals surface area contributed by atoms with E-state index in [9.17, 15) is 18.3 Å². The highest BCUT2D eigenvalue weighted by molar-refractivity contribution is 7.89. The van der Waals surface area contributed by atoms with E-state index in [-0.39, 0.29) is 22.8 Å². The summed E-state index contributed by atoms with van der Waals surface area (Å²) in [7, 11) is -2.24. The van der Waals surface area contributed by atoms with E-state index in [2.05, 4.69) is 4.72 Å². The van der Waals surface area contributed by atoms with Crippen LogP contribution in [-0.4, -0.2) is 39.3 Å². The Kier molecular flexibility index (Phi) is 6.00. The minimum atomic E-state index is -3.73. The van der Waals surface area contributed by atoms with Crippen molar-refractivity contribution < 1.29 is 27.8 Å². The highest BCUT2D eigenvalue weighted by atomic mass is 32.2. The van der Waals surface area contributed by atoms with E-state index in [1.165, 1.54) is 43.5 Å². The van der Waals surface area contributed by atoms with Gasteiger partial charge in [0.05, 0.1) is 23.6 Å². The highest BCUT2D eigenvalue weighted by Gasteiger charge is 2.19. The second-order valence-electron chi connectivity index (χ2n) is 5.34. The molecule has 0 fully saturated rings. The quantitative estimate of drug-likeness (QED) is 0.727. The Bertz CT molecular complexity index is 815. The minimum absolute atomic E-state index is 0.0390. The zero-order chi connectivity index (χ0) is 18.4. The van der Waals surface area contributed by atoms with Crippen molar-refractivity contribution in [3.05, 3.63) is 54.1 Å². The number of phenolic OH excluding ortho intramolecular Hbond substituents is 1. The molecule has 0 aliphatic carbocycles. The molecule has 0 radical (unpaired) electrons. The number of hydrogen-bond acceptors (Lipinski definition) is 6. The molecule has 0 saturated heterocycles. The molecule has 0 spiro atoms. The van der Waals surface area contributed by atoms with Gasteiger partial charge in [0.1, 0.15) is 18.1 Å². The Morgan fingerprint density at radius 1 is 1.12 bits per heavy atom. The molecule has 2 rings (SSSR count). The second kappa shape index (κ2) is 8.00. The fraction of sp³-hybridized carbons (Fsp3) is 0.235. The molecule has 8 heteroatoms. The van der Waals surface area contributed by atoms with Crippen molar-refractivity contribution in [3.8, 4) is 11.5 Å². The standard InChI is InChI=1S/C17H19NO6S/c1-12(11-24-17(20)13-3-5-14(19)6-4-13)18-25(21,22)16-9-7-15(23-2)8-10-16/h3-10,12,18-19H,11H2,1-2H3. The van der Waals surface area contributed by atoms with Gasteiger partial charge in [-0.2, -0.15) is 0 Å². The molecule has 2 aromatic carbocycles. The van der Waals surface area contributed by atoms with Crippen LogP contribution in [0.2, 0.25) is 0 Å². The summed E-state index contributed by atoms with van der Waals surface area (Å²) in [5, 5.41) is 9.19. The largest absolute Gasteiger partial charge is 0.508 e. The summed E-state index contributed by atoms with van der Waals surface area (Å²) in [6.45, 7) is 1.46. The van der Waals surface area contributed by atoms with Crippen molar-refractivity contribution in [1.82, 2.24) is 4.72 Å². The van der Waals surface area contributed by atoms with E-state index >= 15 is 0 Å². The van der Waals surface area contributed by atoms with Gasteiger partial charge in [-0.05, 0) is 55.5 Å². The SMILES string of the molecule is COc1ccc(S(=O)(=O)NC(C)COC(=O)c2ccc(O)cc2)cc1. The van der Waals surface area contributed by atoms with E-state index in [0.29, 0.717) is 5.75 Å². The molecule has 0 heterocycles. The summed E-state index contributed by atoms with van der Waals surface area (Å²) in [5.74, 6) is -0.0116. The molecule has 25 heavy (non-hydrogen) atoms. The van der Waals surface area contributed by atoms with Crippen molar-refractivity contribution in [2.75, 3.05) is 13.7 Å². The van der Waals surface area contributed by atoms with Crippen LogP contribution in [0.4, 0.5) is 0 Å². The molecule has 2 aromatic rings. The first-order valence-electron chi connectivity index (χ1n) is 7.44. The smallest absolute Gasteiger partial charge is 0.338 e. The first-order chi connectivity index (χ1) is 11.8. The van der Waals surface area contributed by atoms with Crippen LogP contribution in [0.5, 0.6) is 11.5 Å². The summed E-state index contributed by atoms with van der Waals surface area (Å²) in [6, 6.07) is 10.9. The maximum atomic E-state index is 12.3. The van der Waals surface area contributed by atoms with Crippen LogP contribution in [0.1, 0.15) is 17.3 Å². The van der Waals surface area contributed by atoms with Gasteiger partial charge in [-0.15, -0.1) is 0 Å². The van der Waals surface area contributed by atoms with Crippen LogP contribution < -0.4 is 9.46 Å². The molecule has 0 aliphatic heterocycles. The van der Waals surface area contributed by atoms with E-state index in [1.54, 1.807) is 19.1 Å². The number of methoxy groups -OCH3 is 1. The van der Waals surface area contributed by atoms with Gasteiger partial charge in [-0.1, -0.05) is 0 Å². The average molecular weight is 365 g/mol. The molecule has 1 unspecified atom stereocenters. The number of hydrogen-bond donors (Lipinski definition) is 2. The topological polar surface area (TPSA) is 102 Å². The number of phenols is 1. The summed E-state index contributed by atoms with van der Waals surface area (Å²) >= 11 is 0. The number of rotatable bonds is 7. The third kappa shape index (κ3) is 5.20. The molecule has 0 aliphatic rings. The lowest BCUT2D eigenvalue weighted by atomic mass is 10.2. The zero-order valence-electron chi connectivity index (χ0n) is 13.8. The zero-order valence-corrected chi connectivity index (χ0v) is 14.6. The number of carbonyl (C=O) groups excluding carboxylic acids is 1. The summed E-state index contributed by atoms with van der Waals surface area (Å²) in [6.07, 6.45) is 0. The van der Waals surface area contributed by atoms with Crippen LogP contribution in [0.15, 0.2) is 53.4 Å². The van der Waals surface area contributed by atoms with Crippen LogP contribution in [0.25, 0.3) is 0 Å². The summed E-state index contributed by atoms with van der Waals surface area (Å²) < 4.78 is 37.1. The van der Waals surface area contributed by atoms with E-state index < -0.39 is 22.0 Å². The molecule has 0 saturated carbocycles. The Balaban J connectivity index is 1.93. The Morgan fingerprint density at radius 3 is 2.28 bits per heavy atom. The monoisotopic (exact) mass is 365 g/mol. The molecular weight excluding hydrogens is 346 g/mol. The van der Waals surface area contributed by atoms with Crippen molar-refractivity contribution in [2.45, 2.75) is 17.9 Å². The maximum absolute atomic E-state index is 12.3. The van der Waals surface area contributed by atoms with Crippen LogP contribution in [0, 0.1) is 0 Å². The summed E-state index contributed by atoms with van der Waals surface area (Å²) in [5.41, 5.74) is 0.267. The predicted octanol–water partition coefficient (Wildman–Crippen LogP) is 1.92. The number of esters is 1. The molecule has 1 atom stereocenters. The molecule has 0 amide bonds. The Labute approximate surface area is 146 Å². The van der Waals surface area contributed by atoms with E-state index in [1.807, 2.05) is 0 Å². The number of nitrogens with one attached hydrogen (secondary N) is 1. The lowest BCUT2D eigenvalue weighted by Gasteiger charge is -2.15. The number of benzene rings is 2. The van der Waals surface area contributed by atoms with Crippen LogP contribution in [0.3, 0.4) is 0 Å². The van der Waals surface area contributed by atoms with Gasteiger partial charge >= 0.3 is 5.97 Å². The van der Waals surface area contributed by atoms with Crippen LogP contribution >= 0.6 is 0 Å².